The Labute approximate surface area is 104 Å². The van der Waals surface area contributed by atoms with Gasteiger partial charge in [0.05, 0.1) is 0 Å². The number of likely N-dealkylation sites (tertiary alicyclic amines) is 1. The van der Waals surface area contributed by atoms with Crippen molar-refractivity contribution < 1.29 is 4.79 Å². The first kappa shape index (κ1) is 12.3. The average Bonchev–Trinajstić information content (AvgIpc) is 2.33. The monoisotopic (exact) mass is 231 g/mol. The quantitative estimate of drug-likeness (QED) is 0.797. The predicted molar refractivity (Wildman–Crippen MR) is 69.8 cm³/mol. The zero-order valence-corrected chi connectivity index (χ0v) is 10.7. The van der Waals surface area contributed by atoms with Gasteiger partial charge in [0.1, 0.15) is 5.78 Å². The van der Waals surface area contributed by atoms with Crippen LogP contribution in [0.2, 0.25) is 0 Å². The van der Waals surface area contributed by atoms with E-state index in [9.17, 15) is 4.79 Å². The van der Waals surface area contributed by atoms with Crippen molar-refractivity contribution in [3.05, 3.63) is 35.9 Å². The zero-order valence-electron chi connectivity index (χ0n) is 10.7. The number of rotatable bonds is 3. The Morgan fingerprint density at radius 3 is 2.59 bits per heavy atom. The fourth-order valence-electron chi connectivity index (χ4n) is 2.73. The van der Waals surface area contributed by atoms with E-state index in [1.165, 1.54) is 5.56 Å². The third-order valence-electron chi connectivity index (χ3n) is 3.70. The van der Waals surface area contributed by atoms with Crippen LogP contribution in [0.5, 0.6) is 0 Å². The largest absolute Gasteiger partial charge is 0.300 e. The summed E-state index contributed by atoms with van der Waals surface area (Å²) in [4.78, 5) is 14.1. The molecular weight excluding hydrogens is 210 g/mol. The number of benzene rings is 1. The Bertz CT molecular complexity index is 374. The van der Waals surface area contributed by atoms with Gasteiger partial charge in [-0.05, 0) is 18.9 Å². The minimum absolute atomic E-state index is 0.376. The summed E-state index contributed by atoms with van der Waals surface area (Å²) in [6.07, 6.45) is 2.50. The molecule has 2 heteroatoms. The lowest BCUT2D eigenvalue weighted by atomic mass is 9.93. The average molecular weight is 231 g/mol. The summed E-state index contributed by atoms with van der Waals surface area (Å²) in [5, 5.41) is 0. The van der Waals surface area contributed by atoms with E-state index in [-0.39, 0.29) is 0 Å². The summed E-state index contributed by atoms with van der Waals surface area (Å²) in [6.45, 7) is 5.31. The van der Waals surface area contributed by atoms with Gasteiger partial charge in [-0.1, -0.05) is 37.3 Å². The minimum atomic E-state index is 0.376. The molecular formula is C15H21NO. The van der Waals surface area contributed by atoms with Crippen molar-refractivity contribution in [2.24, 2.45) is 0 Å². The SMILES string of the molecule is CCC1CC(=O)CC(C)N1Cc1ccccc1. The molecule has 92 valence electrons. The van der Waals surface area contributed by atoms with Crippen LogP contribution in [0.4, 0.5) is 0 Å². The molecule has 2 atom stereocenters. The van der Waals surface area contributed by atoms with Crippen molar-refractivity contribution in [1.29, 1.82) is 0 Å². The summed E-state index contributed by atoms with van der Waals surface area (Å²) in [5.41, 5.74) is 1.34. The standard InChI is InChI=1S/C15H21NO/c1-3-14-10-15(17)9-12(2)16(14)11-13-7-5-4-6-8-13/h4-8,12,14H,3,9-11H2,1-2H3. The van der Waals surface area contributed by atoms with Crippen molar-refractivity contribution in [3.8, 4) is 0 Å². The van der Waals surface area contributed by atoms with E-state index < -0.39 is 0 Å². The summed E-state index contributed by atoms with van der Waals surface area (Å²) in [7, 11) is 0. The molecule has 1 aliphatic rings. The summed E-state index contributed by atoms with van der Waals surface area (Å²) in [5.74, 6) is 0.425. The molecule has 1 saturated heterocycles. The molecule has 0 aromatic heterocycles. The Morgan fingerprint density at radius 2 is 1.94 bits per heavy atom. The van der Waals surface area contributed by atoms with Crippen LogP contribution in [0.25, 0.3) is 0 Å². The van der Waals surface area contributed by atoms with Crippen molar-refractivity contribution in [2.45, 2.75) is 51.7 Å². The smallest absolute Gasteiger partial charge is 0.136 e. The van der Waals surface area contributed by atoms with Crippen molar-refractivity contribution >= 4 is 5.78 Å². The molecule has 0 radical (unpaired) electrons. The topological polar surface area (TPSA) is 20.3 Å². The van der Waals surface area contributed by atoms with E-state index in [1.54, 1.807) is 0 Å². The fourth-order valence-corrected chi connectivity index (χ4v) is 2.73. The molecule has 1 aromatic rings. The highest BCUT2D eigenvalue weighted by Crippen LogP contribution is 2.24. The van der Waals surface area contributed by atoms with E-state index >= 15 is 0 Å². The maximum Gasteiger partial charge on any atom is 0.136 e. The predicted octanol–water partition coefficient (Wildman–Crippen LogP) is 3.02. The van der Waals surface area contributed by atoms with E-state index in [0.717, 1.165) is 19.4 Å². The van der Waals surface area contributed by atoms with E-state index in [0.29, 0.717) is 24.3 Å². The molecule has 1 aromatic carbocycles. The van der Waals surface area contributed by atoms with Gasteiger partial charge in [-0.2, -0.15) is 0 Å². The highest BCUT2D eigenvalue weighted by atomic mass is 16.1. The molecule has 2 nitrogen and oxygen atoms in total. The van der Waals surface area contributed by atoms with E-state index in [4.69, 9.17) is 0 Å². The molecule has 0 amide bonds. The van der Waals surface area contributed by atoms with Gasteiger partial charge in [-0.15, -0.1) is 0 Å². The number of ketones is 1. The minimum Gasteiger partial charge on any atom is -0.300 e. The molecule has 0 aliphatic carbocycles. The number of hydrogen-bond acceptors (Lipinski definition) is 2. The number of piperidine rings is 1. The van der Waals surface area contributed by atoms with Gasteiger partial charge in [0.2, 0.25) is 0 Å². The summed E-state index contributed by atoms with van der Waals surface area (Å²) in [6, 6.07) is 11.3. The first-order valence-electron chi connectivity index (χ1n) is 6.52. The molecule has 1 heterocycles. The van der Waals surface area contributed by atoms with Crippen molar-refractivity contribution in [3.63, 3.8) is 0 Å². The number of hydrogen-bond donors (Lipinski definition) is 0. The summed E-state index contributed by atoms with van der Waals surface area (Å²) >= 11 is 0. The van der Waals surface area contributed by atoms with Gasteiger partial charge >= 0.3 is 0 Å². The number of Topliss-reactive ketones (excluding diaryl/α,β-unsaturated/α-hetero) is 1. The lowest BCUT2D eigenvalue weighted by Crippen LogP contribution is -2.47. The van der Waals surface area contributed by atoms with Crippen LogP contribution >= 0.6 is 0 Å². The fraction of sp³-hybridized carbons (Fsp3) is 0.533. The Morgan fingerprint density at radius 1 is 1.24 bits per heavy atom. The summed E-state index contributed by atoms with van der Waals surface area (Å²) < 4.78 is 0. The lowest BCUT2D eigenvalue weighted by molar-refractivity contribution is -0.125. The first-order chi connectivity index (χ1) is 8.20. The van der Waals surface area contributed by atoms with Crippen LogP contribution in [0.1, 0.15) is 38.7 Å². The Balaban J connectivity index is 2.09. The molecule has 2 unspecified atom stereocenters. The molecule has 0 spiro atoms. The molecule has 1 fully saturated rings. The highest BCUT2D eigenvalue weighted by Gasteiger charge is 2.30. The second-order valence-electron chi connectivity index (χ2n) is 5.02. The number of carbonyl (C=O) groups excluding carboxylic acids is 1. The van der Waals surface area contributed by atoms with Gasteiger partial charge in [0.15, 0.2) is 0 Å². The zero-order chi connectivity index (χ0) is 12.3. The Kier molecular flexibility index (Phi) is 3.95. The van der Waals surface area contributed by atoms with Crippen LogP contribution in [0.3, 0.4) is 0 Å². The highest BCUT2D eigenvalue weighted by molar-refractivity contribution is 5.80. The second kappa shape index (κ2) is 5.46. The van der Waals surface area contributed by atoms with Crippen LogP contribution in [0, 0.1) is 0 Å². The Hall–Kier alpha value is -1.15. The van der Waals surface area contributed by atoms with Crippen LogP contribution < -0.4 is 0 Å². The molecule has 17 heavy (non-hydrogen) atoms. The number of nitrogens with zero attached hydrogens (tertiary/aromatic N) is 1. The molecule has 0 bridgehead atoms. The van der Waals surface area contributed by atoms with Crippen LogP contribution in [0.15, 0.2) is 30.3 Å². The molecule has 1 aliphatic heterocycles. The van der Waals surface area contributed by atoms with Gasteiger partial charge in [-0.25, -0.2) is 0 Å². The third kappa shape index (κ3) is 2.95. The number of carbonyl (C=O) groups is 1. The van der Waals surface area contributed by atoms with Gasteiger partial charge in [0.25, 0.3) is 0 Å². The van der Waals surface area contributed by atoms with Gasteiger partial charge in [-0.3, -0.25) is 9.69 Å². The molecule has 2 rings (SSSR count). The van der Waals surface area contributed by atoms with E-state index in [1.807, 2.05) is 6.07 Å². The lowest BCUT2D eigenvalue weighted by Gasteiger charge is -2.39. The third-order valence-corrected chi connectivity index (χ3v) is 3.70. The van der Waals surface area contributed by atoms with Crippen LogP contribution in [-0.2, 0) is 11.3 Å². The van der Waals surface area contributed by atoms with Gasteiger partial charge < -0.3 is 0 Å². The molecule has 0 N–H and O–H groups in total. The van der Waals surface area contributed by atoms with Gasteiger partial charge in [0, 0.05) is 31.5 Å². The maximum absolute atomic E-state index is 11.6. The second-order valence-corrected chi connectivity index (χ2v) is 5.02. The van der Waals surface area contributed by atoms with Crippen molar-refractivity contribution in [2.75, 3.05) is 0 Å². The van der Waals surface area contributed by atoms with E-state index in [2.05, 4.69) is 43.0 Å². The van der Waals surface area contributed by atoms with Crippen LogP contribution in [-0.4, -0.2) is 22.8 Å². The first-order valence-corrected chi connectivity index (χ1v) is 6.52. The normalized spacial score (nSPS) is 26.1. The molecule has 0 saturated carbocycles. The maximum atomic E-state index is 11.6. The van der Waals surface area contributed by atoms with Crippen molar-refractivity contribution in [1.82, 2.24) is 4.90 Å².